The maximum atomic E-state index is 12.1. The van der Waals surface area contributed by atoms with Gasteiger partial charge in [-0.25, -0.2) is 9.67 Å². The first-order valence-electron chi connectivity index (χ1n) is 11.1. The van der Waals surface area contributed by atoms with Crippen molar-refractivity contribution in [2.24, 2.45) is 4.99 Å². The van der Waals surface area contributed by atoms with E-state index in [1.54, 1.807) is 19.0 Å². The Bertz CT molecular complexity index is 867. The SMILES string of the molecule is CN(C)C(=O)CN=C(NCCCN1CCOCC1)N(C)Cc1cnn(-c2ccccc2)c1.I. The summed E-state index contributed by atoms with van der Waals surface area (Å²) in [5.41, 5.74) is 2.09. The summed E-state index contributed by atoms with van der Waals surface area (Å²) in [5.74, 6) is 0.692. The second-order valence-corrected chi connectivity index (χ2v) is 8.15. The highest BCUT2D eigenvalue weighted by Gasteiger charge is 2.13. The fraction of sp³-hybridized carbons (Fsp3) is 0.522. The van der Waals surface area contributed by atoms with Crippen LogP contribution in [0.3, 0.4) is 0 Å². The third-order valence-electron chi connectivity index (χ3n) is 5.34. The first-order valence-corrected chi connectivity index (χ1v) is 11.1. The van der Waals surface area contributed by atoms with Crippen LogP contribution in [-0.2, 0) is 16.1 Å². The van der Waals surface area contributed by atoms with Gasteiger partial charge in [-0.15, -0.1) is 24.0 Å². The van der Waals surface area contributed by atoms with Crippen LogP contribution in [0.1, 0.15) is 12.0 Å². The second kappa shape index (κ2) is 14.2. The number of benzene rings is 1. The lowest BCUT2D eigenvalue weighted by Crippen LogP contribution is -2.41. The second-order valence-electron chi connectivity index (χ2n) is 8.15. The van der Waals surface area contributed by atoms with E-state index in [-0.39, 0.29) is 36.4 Å². The van der Waals surface area contributed by atoms with E-state index >= 15 is 0 Å². The molecule has 9 nitrogen and oxygen atoms in total. The summed E-state index contributed by atoms with van der Waals surface area (Å²) in [6.45, 7) is 6.17. The van der Waals surface area contributed by atoms with Crippen molar-refractivity contribution in [2.45, 2.75) is 13.0 Å². The number of amides is 1. The van der Waals surface area contributed by atoms with Gasteiger partial charge in [0, 0.05) is 59.1 Å². The van der Waals surface area contributed by atoms with E-state index in [9.17, 15) is 4.79 Å². The summed E-state index contributed by atoms with van der Waals surface area (Å²) < 4.78 is 7.28. The Morgan fingerprint density at radius 3 is 2.61 bits per heavy atom. The van der Waals surface area contributed by atoms with Gasteiger partial charge in [0.25, 0.3) is 0 Å². The van der Waals surface area contributed by atoms with E-state index < -0.39 is 0 Å². The predicted octanol–water partition coefficient (Wildman–Crippen LogP) is 1.68. The third kappa shape index (κ3) is 8.94. The van der Waals surface area contributed by atoms with Gasteiger partial charge < -0.3 is 19.9 Å². The van der Waals surface area contributed by atoms with Crippen LogP contribution in [-0.4, -0.2) is 103 Å². The summed E-state index contributed by atoms with van der Waals surface area (Å²) in [6, 6.07) is 10.0. The third-order valence-corrected chi connectivity index (χ3v) is 5.34. The molecule has 1 aliphatic heterocycles. The minimum absolute atomic E-state index is 0. The van der Waals surface area contributed by atoms with Crippen LogP contribution in [0.15, 0.2) is 47.7 Å². The minimum atomic E-state index is -0.0251. The molecule has 2 heterocycles. The molecule has 1 N–H and O–H groups in total. The van der Waals surface area contributed by atoms with Crippen molar-refractivity contribution >= 4 is 35.8 Å². The Labute approximate surface area is 213 Å². The number of ether oxygens (including phenoxy) is 1. The number of hydrogen-bond donors (Lipinski definition) is 1. The largest absolute Gasteiger partial charge is 0.379 e. The van der Waals surface area contributed by atoms with Crippen molar-refractivity contribution in [1.82, 2.24) is 29.8 Å². The first kappa shape index (κ1) is 27.1. The molecule has 2 aromatic rings. The molecule has 1 saturated heterocycles. The van der Waals surface area contributed by atoms with E-state index in [0.29, 0.717) is 6.54 Å². The van der Waals surface area contributed by atoms with Crippen LogP contribution in [0.5, 0.6) is 0 Å². The number of hydrogen-bond acceptors (Lipinski definition) is 5. The highest BCUT2D eigenvalue weighted by molar-refractivity contribution is 14.0. The Morgan fingerprint density at radius 2 is 1.91 bits per heavy atom. The average molecular weight is 569 g/mol. The molecule has 182 valence electrons. The number of guanidine groups is 1. The molecule has 33 heavy (non-hydrogen) atoms. The Balaban J connectivity index is 0.00000385. The Kier molecular flexibility index (Phi) is 11.6. The van der Waals surface area contributed by atoms with Crippen molar-refractivity contribution < 1.29 is 9.53 Å². The van der Waals surface area contributed by atoms with Crippen LogP contribution in [0.2, 0.25) is 0 Å². The van der Waals surface area contributed by atoms with Gasteiger partial charge in [0.2, 0.25) is 5.91 Å². The van der Waals surface area contributed by atoms with E-state index in [1.807, 2.05) is 59.4 Å². The molecule has 0 aliphatic carbocycles. The molecule has 1 amide bonds. The normalized spacial score (nSPS) is 14.5. The fourth-order valence-corrected chi connectivity index (χ4v) is 3.44. The molecule has 0 radical (unpaired) electrons. The molecule has 1 aromatic heterocycles. The van der Waals surface area contributed by atoms with Crippen LogP contribution in [0, 0.1) is 0 Å². The van der Waals surface area contributed by atoms with Gasteiger partial charge in [-0.1, -0.05) is 18.2 Å². The molecule has 0 saturated carbocycles. The summed E-state index contributed by atoms with van der Waals surface area (Å²) in [5, 5.41) is 7.91. The molecule has 0 bridgehead atoms. The topological polar surface area (TPSA) is 78.2 Å². The molecular weight excluding hydrogens is 533 g/mol. The highest BCUT2D eigenvalue weighted by atomic mass is 127. The predicted molar refractivity (Wildman–Crippen MR) is 141 cm³/mol. The number of rotatable bonds is 9. The minimum Gasteiger partial charge on any atom is -0.379 e. The first-order chi connectivity index (χ1) is 15.5. The summed E-state index contributed by atoms with van der Waals surface area (Å²) in [4.78, 5) is 22.6. The van der Waals surface area contributed by atoms with E-state index in [0.717, 1.165) is 63.0 Å². The smallest absolute Gasteiger partial charge is 0.243 e. The van der Waals surface area contributed by atoms with E-state index in [4.69, 9.17) is 4.74 Å². The zero-order valence-electron chi connectivity index (χ0n) is 19.8. The molecule has 1 aromatic carbocycles. The number of morpholine rings is 1. The number of nitrogens with one attached hydrogen (secondary N) is 1. The molecule has 3 rings (SSSR count). The van der Waals surface area contributed by atoms with Gasteiger partial charge in [-0.05, 0) is 25.1 Å². The number of nitrogens with zero attached hydrogens (tertiary/aromatic N) is 6. The van der Waals surface area contributed by atoms with E-state index in [2.05, 4.69) is 20.3 Å². The van der Waals surface area contributed by atoms with Gasteiger partial charge in [-0.2, -0.15) is 5.10 Å². The molecule has 10 heteroatoms. The van der Waals surface area contributed by atoms with Gasteiger partial charge in [-0.3, -0.25) is 9.69 Å². The molecule has 1 fully saturated rings. The van der Waals surface area contributed by atoms with Crippen LogP contribution < -0.4 is 5.32 Å². The maximum absolute atomic E-state index is 12.1. The fourth-order valence-electron chi connectivity index (χ4n) is 3.44. The van der Waals surface area contributed by atoms with Crippen LogP contribution in [0.4, 0.5) is 0 Å². The zero-order chi connectivity index (χ0) is 22.8. The summed E-state index contributed by atoms with van der Waals surface area (Å²) >= 11 is 0. The van der Waals surface area contributed by atoms with Crippen molar-refractivity contribution in [3.8, 4) is 5.69 Å². The van der Waals surface area contributed by atoms with E-state index in [1.165, 1.54) is 0 Å². The number of halogens is 1. The lowest BCUT2D eigenvalue weighted by atomic mass is 10.3. The number of carbonyl (C=O) groups is 1. The molecule has 0 spiro atoms. The van der Waals surface area contributed by atoms with Gasteiger partial charge in [0.05, 0.1) is 25.1 Å². The number of aromatic nitrogens is 2. The molecule has 1 aliphatic rings. The van der Waals surface area contributed by atoms with Crippen molar-refractivity contribution in [2.75, 3.05) is 67.1 Å². The van der Waals surface area contributed by atoms with Gasteiger partial charge in [0.15, 0.2) is 5.96 Å². The van der Waals surface area contributed by atoms with Crippen molar-refractivity contribution in [3.63, 3.8) is 0 Å². The molecule has 0 unspecified atom stereocenters. The Morgan fingerprint density at radius 1 is 1.18 bits per heavy atom. The van der Waals surface area contributed by atoms with Gasteiger partial charge in [0.1, 0.15) is 6.54 Å². The maximum Gasteiger partial charge on any atom is 0.243 e. The molecular formula is C23H36IN7O2. The van der Waals surface area contributed by atoms with Crippen molar-refractivity contribution in [1.29, 1.82) is 0 Å². The zero-order valence-corrected chi connectivity index (χ0v) is 22.1. The van der Waals surface area contributed by atoms with Crippen LogP contribution >= 0.6 is 24.0 Å². The Hall–Kier alpha value is -2.18. The van der Waals surface area contributed by atoms with Gasteiger partial charge >= 0.3 is 0 Å². The number of aliphatic imine (C=N–C) groups is 1. The monoisotopic (exact) mass is 569 g/mol. The lowest BCUT2D eigenvalue weighted by molar-refractivity contribution is -0.127. The number of para-hydroxylation sites is 1. The average Bonchev–Trinajstić information content (AvgIpc) is 3.28. The molecule has 0 atom stereocenters. The summed E-state index contributed by atoms with van der Waals surface area (Å²) in [6.07, 6.45) is 4.89. The van der Waals surface area contributed by atoms with Crippen molar-refractivity contribution in [3.05, 3.63) is 48.3 Å². The summed E-state index contributed by atoms with van der Waals surface area (Å²) in [7, 11) is 5.47. The standard InChI is InChI=1S/C23H35N7O2.HI/c1-27(2)22(31)17-25-23(24-10-7-11-29-12-14-32-15-13-29)28(3)18-20-16-26-30(19-20)21-8-5-4-6-9-21;/h4-6,8-9,16,19H,7,10-15,17-18H2,1-3H3,(H,24,25);1H. The number of carbonyl (C=O) groups excluding carboxylic acids is 1. The number of likely N-dealkylation sites (N-methyl/N-ethyl adjacent to an activating group) is 1. The highest BCUT2D eigenvalue weighted by Crippen LogP contribution is 2.09. The van der Waals surface area contributed by atoms with Crippen LogP contribution in [0.25, 0.3) is 5.69 Å². The lowest BCUT2D eigenvalue weighted by Gasteiger charge is -2.27. The quantitative estimate of drug-likeness (QED) is 0.215.